The Kier molecular flexibility index (Phi) is 5.24. The normalized spacial score (nSPS) is 15.6. The number of hydrogen-bond acceptors (Lipinski definition) is 6. The topological polar surface area (TPSA) is 96.6 Å². The molecular weight excluding hydrogens is 460 g/mol. The van der Waals surface area contributed by atoms with E-state index in [2.05, 4.69) is 25.8 Å². The summed E-state index contributed by atoms with van der Waals surface area (Å²) < 4.78 is 28.0. The molecule has 0 N–H and O–H groups in total. The summed E-state index contributed by atoms with van der Waals surface area (Å²) in [5.41, 5.74) is 0.847. The fourth-order valence-corrected chi connectivity index (χ4v) is 5.56. The molecule has 0 radical (unpaired) electrons. The van der Waals surface area contributed by atoms with Crippen molar-refractivity contribution in [3.63, 3.8) is 0 Å². The van der Waals surface area contributed by atoms with Crippen LogP contribution >= 0.6 is 15.9 Å². The van der Waals surface area contributed by atoms with Gasteiger partial charge in [-0.25, -0.2) is 8.42 Å². The molecule has 0 unspecified atom stereocenters. The van der Waals surface area contributed by atoms with Crippen LogP contribution in [0, 0.1) is 10.1 Å². The number of piperazine rings is 1. The number of halogens is 1. The fraction of sp³-hybridized carbons (Fsp3) is 0.211. The molecule has 1 fully saturated rings. The molecule has 1 aliphatic heterocycles. The van der Waals surface area contributed by atoms with Gasteiger partial charge in [0.2, 0.25) is 10.0 Å². The SMILES string of the molecule is O=[N+]([O-])c1ccc(N2CCN(S(=O)(=O)c3cccc(Br)c3)CC2)c2ccncc12. The predicted molar refractivity (Wildman–Crippen MR) is 114 cm³/mol. The first-order valence-electron chi connectivity index (χ1n) is 8.90. The molecule has 10 heteroatoms. The number of aromatic nitrogens is 1. The van der Waals surface area contributed by atoms with E-state index in [1.807, 2.05) is 0 Å². The van der Waals surface area contributed by atoms with E-state index in [1.54, 1.807) is 42.6 Å². The standard InChI is InChI=1S/C19H17BrN4O4S/c20-14-2-1-3-15(12-14)29(27,28)23-10-8-22(9-11-23)18-4-5-19(24(25)26)17-13-21-7-6-16(17)18/h1-7,12-13H,8-11H2. The molecule has 0 atom stereocenters. The van der Waals surface area contributed by atoms with E-state index in [0.29, 0.717) is 36.0 Å². The molecule has 2 aromatic carbocycles. The zero-order valence-corrected chi connectivity index (χ0v) is 17.6. The molecule has 4 rings (SSSR count). The van der Waals surface area contributed by atoms with Gasteiger partial charge in [-0.2, -0.15) is 4.31 Å². The van der Waals surface area contributed by atoms with Crippen LogP contribution in [0.4, 0.5) is 11.4 Å². The largest absolute Gasteiger partial charge is 0.368 e. The number of pyridine rings is 1. The number of benzene rings is 2. The minimum absolute atomic E-state index is 0.00715. The summed E-state index contributed by atoms with van der Waals surface area (Å²) in [6.45, 7) is 1.64. The molecule has 0 saturated carbocycles. The third-order valence-corrected chi connectivity index (χ3v) is 7.37. The Morgan fingerprint density at radius 3 is 2.48 bits per heavy atom. The number of nitrogens with zero attached hydrogens (tertiary/aromatic N) is 4. The average molecular weight is 477 g/mol. The van der Waals surface area contributed by atoms with Crippen LogP contribution in [0.2, 0.25) is 0 Å². The summed E-state index contributed by atoms with van der Waals surface area (Å²) in [7, 11) is -3.57. The number of nitro benzene ring substituents is 1. The van der Waals surface area contributed by atoms with Crippen LogP contribution in [-0.2, 0) is 10.0 Å². The minimum atomic E-state index is -3.57. The molecule has 0 spiro atoms. The van der Waals surface area contributed by atoms with Crippen molar-refractivity contribution in [1.82, 2.24) is 9.29 Å². The van der Waals surface area contributed by atoms with Crippen molar-refractivity contribution in [2.24, 2.45) is 0 Å². The van der Waals surface area contributed by atoms with Gasteiger partial charge < -0.3 is 4.90 Å². The van der Waals surface area contributed by atoms with E-state index in [1.165, 1.54) is 16.6 Å². The number of anilines is 1. The third-order valence-electron chi connectivity index (χ3n) is 4.98. The number of hydrogen-bond donors (Lipinski definition) is 0. The Labute approximate surface area is 176 Å². The molecule has 150 valence electrons. The smallest absolute Gasteiger partial charge is 0.278 e. The Balaban J connectivity index is 1.59. The van der Waals surface area contributed by atoms with Crippen molar-refractivity contribution < 1.29 is 13.3 Å². The highest BCUT2D eigenvalue weighted by Crippen LogP contribution is 2.33. The van der Waals surface area contributed by atoms with Crippen LogP contribution in [0.15, 0.2) is 64.2 Å². The lowest BCUT2D eigenvalue weighted by molar-refractivity contribution is -0.383. The number of rotatable bonds is 4. The Morgan fingerprint density at radius 1 is 1.03 bits per heavy atom. The van der Waals surface area contributed by atoms with Gasteiger partial charge in [-0.05, 0) is 30.3 Å². The van der Waals surface area contributed by atoms with E-state index in [0.717, 1.165) is 11.1 Å². The monoisotopic (exact) mass is 476 g/mol. The molecule has 1 aromatic heterocycles. The van der Waals surface area contributed by atoms with E-state index in [4.69, 9.17) is 0 Å². The molecular formula is C19H17BrN4O4S. The van der Waals surface area contributed by atoms with Crippen LogP contribution in [0.3, 0.4) is 0 Å². The lowest BCUT2D eigenvalue weighted by atomic mass is 10.1. The average Bonchev–Trinajstić information content (AvgIpc) is 2.73. The maximum Gasteiger partial charge on any atom is 0.278 e. The first kappa shape index (κ1) is 19.7. The van der Waals surface area contributed by atoms with Crippen molar-refractivity contribution in [2.75, 3.05) is 31.1 Å². The highest BCUT2D eigenvalue weighted by Gasteiger charge is 2.29. The first-order valence-corrected chi connectivity index (χ1v) is 11.1. The summed E-state index contributed by atoms with van der Waals surface area (Å²) in [6.07, 6.45) is 3.09. The number of fused-ring (bicyclic) bond motifs is 1. The predicted octanol–water partition coefficient (Wildman–Crippen LogP) is 3.42. The Hall–Kier alpha value is -2.56. The maximum atomic E-state index is 12.9. The number of sulfonamides is 1. The van der Waals surface area contributed by atoms with Gasteiger partial charge in [0, 0.05) is 60.2 Å². The maximum absolute atomic E-state index is 12.9. The summed E-state index contributed by atoms with van der Waals surface area (Å²) in [5, 5.41) is 12.5. The molecule has 3 aromatic rings. The summed E-state index contributed by atoms with van der Waals surface area (Å²) >= 11 is 3.31. The Morgan fingerprint density at radius 2 is 1.79 bits per heavy atom. The van der Waals surface area contributed by atoms with Gasteiger partial charge in [0.1, 0.15) is 0 Å². The van der Waals surface area contributed by atoms with Crippen molar-refractivity contribution in [3.05, 3.63) is 69.4 Å². The van der Waals surface area contributed by atoms with Gasteiger partial charge >= 0.3 is 0 Å². The first-order chi connectivity index (χ1) is 13.9. The van der Waals surface area contributed by atoms with Crippen LogP contribution in [-0.4, -0.2) is 48.8 Å². The molecule has 0 amide bonds. The van der Waals surface area contributed by atoms with Gasteiger partial charge in [0.05, 0.1) is 15.2 Å². The van der Waals surface area contributed by atoms with Gasteiger partial charge in [-0.3, -0.25) is 15.1 Å². The zero-order chi connectivity index (χ0) is 20.6. The quantitative estimate of drug-likeness (QED) is 0.422. The zero-order valence-electron chi connectivity index (χ0n) is 15.2. The second-order valence-corrected chi connectivity index (χ2v) is 9.48. The lowest BCUT2D eigenvalue weighted by Gasteiger charge is -2.35. The second kappa shape index (κ2) is 7.69. The van der Waals surface area contributed by atoms with Gasteiger partial charge in [-0.1, -0.05) is 22.0 Å². The molecule has 1 aliphatic rings. The van der Waals surface area contributed by atoms with Crippen molar-refractivity contribution >= 4 is 48.1 Å². The van der Waals surface area contributed by atoms with Crippen LogP contribution in [0.25, 0.3) is 10.8 Å². The number of nitro groups is 1. The fourth-order valence-electron chi connectivity index (χ4n) is 3.54. The molecule has 8 nitrogen and oxygen atoms in total. The van der Waals surface area contributed by atoms with Crippen LogP contribution in [0.5, 0.6) is 0 Å². The summed E-state index contributed by atoms with van der Waals surface area (Å²) in [4.78, 5) is 17.2. The van der Waals surface area contributed by atoms with E-state index in [9.17, 15) is 18.5 Å². The van der Waals surface area contributed by atoms with Crippen molar-refractivity contribution in [3.8, 4) is 0 Å². The number of non-ortho nitro benzene ring substituents is 1. The van der Waals surface area contributed by atoms with Crippen LogP contribution in [0.1, 0.15) is 0 Å². The van der Waals surface area contributed by atoms with Gasteiger partial charge in [0.15, 0.2) is 0 Å². The lowest BCUT2D eigenvalue weighted by Crippen LogP contribution is -2.48. The van der Waals surface area contributed by atoms with Gasteiger partial charge in [0.25, 0.3) is 5.69 Å². The van der Waals surface area contributed by atoms with Crippen molar-refractivity contribution in [1.29, 1.82) is 0 Å². The second-order valence-electron chi connectivity index (χ2n) is 6.63. The Bertz CT molecular complexity index is 1190. The highest BCUT2D eigenvalue weighted by molar-refractivity contribution is 9.10. The van der Waals surface area contributed by atoms with E-state index < -0.39 is 14.9 Å². The highest BCUT2D eigenvalue weighted by atomic mass is 79.9. The summed E-state index contributed by atoms with van der Waals surface area (Å²) in [5.74, 6) is 0. The third kappa shape index (κ3) is 3.70. The molecule has 2 heterocycles. The van der Waals surface area contributed by atoms with Crippen LogP contribution < -0.4 is 4.90 Å². The molecule has 0 aliphatic carbocycles. The van der Waals surface area contributed by atoms with Crippen molar-refractivity contribution in [2.45, 2.75) is 4.90 Å². The van der Waals surface area contributed by atoms with E-state index in [-0.39, 0.29) is 10.6 Å². The van der Waals surface area contributed by atoms with Gasteiger partial charge in [-0.15, -0.1) is 0 Å². The summed E-state index contributed by atoms with van der Waals surface area (Å²) in [6, 6.07) is 11.6. The van der Waals surface area contributed by atoms with E-state index >= 15 is 0 Å². The molecule has 1 saturated heterocycles. The minimum Gasteiger partial charge on any atom is -0.368 e. The molecule has 0 bridgehead atoms. The molecule has 29 heavy (non-hydrogen) atoms.